The summed E-state index contributed by atoms with van der Waals surface area (Å²) in [5.74, 6) is -1.04. The fourth-order valence-electron chi connectivity index (χ4n) is 1.96. The predicted molar refractivity (Wildman–Crippen MR) is 79.7 cm³/mol. The molecular weight excluding hydrogens is 296 g/mol. The number of nitrogens with one attached hydrogen (secondary N) is 1. The molecule has 112 valence electrons. The van der Waals surface area contributed by atoms with Crippen LogP contribution in [-0.2, 0) is 0 Å². The average molecular weight is 312 g/mol. The Labute approximate surface area is 127 Å². The second kappa shape index (κ2) is 7.38. The zero-order chi connectivity index (χ0) is 15.2. The second-order valence-electron chi connectivity index (χ2n) is 4.55. The Kier molecular flexibility index (Phi) is 5.53. The van der Waals surface area contributed by atoms with E-state index >= 15 is 0 Å². The molecule has 1 unspecified atom stereocenters. The smallest absolute Gasteiger partial charge is 0.159 e. The van der Waals surface area contributed by atoms with Gasteiger partial charge in [0.25, 0.3) is 0 Å². The summed E-state index contributed by atoms with van der Waals surface area (Å²) >= 11 is 5.81. The van der Waals surface area contributed by atoms with Gasteiger partial charge in [0.1, 0.15) is 12.4 Å². The van der Waals surface area contributed by atoms with Gasteiger partial charge in [-0.25, -0.2) is 8.78 Å². The molecule has 0 aliphatic carbocycles. The van der Waals surface area contributed by atoms with Gasteiger partial charge in [0.2, 0.25) is 0 Å². The van der Waals surface area contributed by atoms with Gasteiger partial charge in [-0.2, -0.15) is 0 Å². The van der Waals surface area contributed by atoms with Crippen molar-refractivity contribution >= 4 is 11.6 Å². The Morgan fingerprint density at radius 1 is 1.10 bits per heavy atom. The standard InChI is InChI=1S/C16H16ClF2NO/c1-2-20-16(11-3-8-14(18)15(19)9-11)10-21-13-6-4-12(17)5-7-13/h3-9,16,20H,2,10H2,1H3. The number of hydrogen-bond acceptors (Lipinski definition) is 2. The summed E-state index contributed by atoms with van der Waals surface area (Å²) in [6.07, 6.45) is 0. The lowest BCUT2D eigenvalue weighted by Crippen LogP contribution is -2.26. The minimum absolute atomic E-state index is 0.222. The molecular formula is C16H16ClF2NO. The zero-order valence-electron chi connectivity index (χ0n) is 11.6. The van der Waals surface area contributed by atoms with Crippen LogP contribution in [0.25, 0.3) is 0 Å². The molecule has 2 aromatic carbocycles. The third-order valence-corrected chi connectivity index (χ3v) is 3.28. The van der Waals surface area contributed by atoms with Crippen molar-refractivity contribution in [2.45, 2.75) is 13.0 Å². The van der Waals surface area contributed by atoms with E-state index in [2.05, 4.69) is 5.32 Å². The quantitative estimate of drug-likeness (QED) is 0.856. The molecule has 0 saturated heterocycles. The topological polar surface area (TPSA) is 21.3 Å². The van der Waals surface area contributed by atoms with E-state index in [-0.39, 0.29) is 6.04 Å². The minimum atomic E-state index is -0.859. The molecule has 0 aliphatic heterocycles. The molecule has 0 heterocycles. The lowest BCUT2D eigenvalue weighted by molar-refractivity contribution is 0.267. The third kappa shape index (κ3) is 4.41. The van der Waals surface area contributed by atoms with Crippen molar-refractivity contribution in [1.29, 1.82) is 0 Å². The van der Waals surface area contributed by atoms with Crippen LogP contribution in [0.3, 0.4) is 0 Å². The molecule has 5 heteroatoms. The molecule has 2 nitrogen and oxygen atoms in total. The van der Waals surface area contributed by atoms with E-state index in [9.17, 15) is 8.78 Å². The molecule has 0 aromatic heterocycles. The van der Waals surface area contributed by atoms with Crippen LogP contribution in [-0.4, -0.2) is 13.2 Å². The molecule has 0 radical (unpaired) electrons. The highest BCUT2D eigenvalue weighted by Gasteiger charge is 2.13. The van der Waals surface area contributed by atoms with Crippen molar-refractivity contribution in [1.82, 2.24) is 5.32 Å². The van der Waals surface area contributed by atoms with E-state index in [4.69, 9.17) is 16.3 Å². The summed E-state index contributed by atoms with van der Waals surface area (Å²) in [5, 5.41) is 3.82. The minimum Gasteiger partial charge on any atom is -0.492 e. The summed E-state index contributed by atoms with van der Waals surface area (Å²) in [6.45, 7) is 2.93. The molecule has 0 amide bonds. The van der Waals surface area contributed by atoms with Gasteiger partial charge in [0, 0.05) is 5.02 Å². The lowest BCUT2D eigenvalue weighted by atomic mass is 10.1. The van der Waals surface area contributed by atoms with Gasteiger partial charge in [-0.1, -0.05) is 24.6 Å². The molecule has 0 spiro atoms. The first kappa shape index (κ1) is 15.7. The van der Waals surface area contributed by atoms with E-state index in [1.165, 1.54) is 6.07 Å². The predicted octanol–water partition coefficient (Wildman–Crippen LogP) is 4.35. The molecule has 0 bridgehead atoms. The van der Waals surface area contributed by atoms with Crippen molar-refractivity contribution in [2.24, 2.45) is 0 Å². The van der Waals surface area contributed by atoms with Crippen LogP contribution in [0.15, 0.2) is 42.5 Å². The first-order valence-corrected chi connectivity index (χ1v) is 7.04. The van der Waals surface area contributed by atoms with E-state index in [1.54, 1.807) is 30.3 Å². The first-order chi connectivity index (χ1) is 10.1. The fourth-order valence-corrected chi connectivity index (χ4v) is 2.08. The van der Waals surface area contributed by atoms with Gasteiger partial charge < -0.3 is 10.1 Å². The van der Waals surface area contributed by atoms with Crippen molar-refractivity contribution in [2.75, 3.05) is 13.2 Å². The maximum absolute atomic E-state index is 13.3. The molecule has 1 N–H and O–H groups in total. The normalized spacial score (nSPS) is 12.2. The average Bonchev–Trinajstić information content (AvgIpc) is 2.48. The van der Waals surface area contributed by atoms with Gasteiger partial charge in [-0.15, -0.1) is 0 Å². The van der Waals surface area contributed by atoms with Crippen LogP contribution in [0.4, 0.5) is 8.78 Å². The SMILES string of the molecule is CCNC(COc1ccc(Cl)cc1)c1ccc(F)c(F)c1. The number of halogens is 3. The highest BCUT2D eigenvalue weighted by Crippen LogP contribution is 2.20. The Morgan fingerprint density at radius 3 is 2.43 bits per heavy atom. The summed E-state index contributed by atoms with van der Waals surface area (Å²) in [5.41, 5.74) is 0.643. The second-order valence-corrected chi connectivity index (χ2v) is 4.99. The van der Waals surface area contributed by atoms with Crippen molar-refractivity contribution < 1.29 is 13.5 Å². The molecule has 2 rings (SSSR count). The Morgan fingerprint density at radius 2 is 1.81 bits per heavy atom. The van der Waals surface area contributed by atoms with Crippen LogP contribution in [0, 0.1) is 11.6 Å². The van der Waals surface area contributed by atoms with Crippen LogP contribution < -0.4 is 10.1 Å². The number of rotatable bonds is 6. The molecule has 1 atom stereocenters. The van der Waals surface area contributed by atoms with Gasteiger partial charge in [-0.05, 0) is 48.5 Å². The van der Waals surface area contributed by atoms with E-state index < -0.39 is 11.6 Å². The van der Waals surface area contributed by atoms with Crippen LogP contribution in [0.2, 0.25) is 5.02 Å². The van der Waals surface area contributed by atoms with Crippen LogP contribution >= 0.6 is 11.6 Å². The number of hydrogen-bond donors (Lipinski definition) is 1. The molecule has 0 fully saturated rings. The Balaban J connectivity index is 2.07. The summed E-state index contributed by atoms with van der Waals surface area (Å²) in [4.78, 5) is 0. The molecule has 2 aromatic rings. The molecule has 0 aliphatic rings. The first-order valence-electron chi connectivity index (χ1n) is 6.67. The number of ether oxygens (including phenoxy) is 1. The fraction of sp³-hybridized carbons (Fsp3) is 0.250. The zero-order valence-corrected chi connectivity index (χ0v) is 12.3. The van der Waals surface area contributed by atoms with E-state index in [1.807, 2.05) is 6.92 Å². The summed E-state index contributed by atoms with van der Waals surface area (Å²) in [6, 6.07) is 10.6. The Hall–Kier alpha value is -1.65. The van der Waals surface area contributed by atoms with Crippen LogP contribution in [0.5, 0.6) is 5.75 Å². The maximum atomic E-state index is 13.3. The van der Waals surface area contributed by atoms with Gasteiger partial charge >= 0.3 is 0 Å². The lowest BCUT2D eigenvalue weighted by Gasteiger charge is -2.19. The van der Waals surface area contributed by atoms with E-state index in [0.717, 1.165) is 6.07 Å². The number of benzene rings is 2. The number of likely N-dealkylation sites (N-methyl/N-ethyl adjacent to an activating group) is 1. The van der Waals surface area contributed by atoms with E-state index in [0.29, 0.717) is 29.5 Å². The highest BCUT2D eigenvalue weighted by atomic mass is 35.5. The van der Waals surface area contributed by atoms with Crippen LogP contribution in [0.1, 0.15) is 18.5 Å². The van der Waals surface area contributed by atoms with Crippen molar-refractivity contribution in [3.63, 3.8) is 0 Å². The Bertz CT molecular complexity index is 589. The van der Waals surface area contributed by atoms with Crippen molar-refractivity contribution in [3.05, 3.63) is 64.7 Å². The van der Waals surface area contributed by atoms with Gasteiger partial charge in [-0.3, -0.25) is 0 Å². The largest absolute Gasteiger partial charge is 0.492 e. The highest BCUT2D eigenvalue weighted by molar-refractivity contribution is 6.30. The molecule has 21 heavy (non-hydrogen) atoms. The van der Waals surface area contributed by atoms with Crippen molar-refractivity contribution in [3.8, 4) is 5.75 Å². The van der Waals surface area contributed by atoms with Gasteiger partial charge in [0.15, 0.2) is 11.6 Å². The third-order valence-electron chi connectivity index (χ3n) is 3.03. The van der Waals surface area contributed by atoms with Gasteiger partial charge in [0.05, 0.1) is 6.04 Å². The molecule has 0 saturated carbocycles. The monoisotopic (exact) mass is 311 g/mol. The summed E-state index contributed by atoms with van der Waals surface area (Å²) in [7, 11) is 0. The maximum Gasteiger partial charge on any atom is 0.159 e. The summed E-state index contributed by atoms with van der Waals surface area (Å²) < 4.78 is 32.0.